The number of amides is 1. The predicted molar refractivity (Wildman–Crippen MR) is 76.1 cm³/mol. The summed E-state index contributed by atoms with van der Waals surface area (Å²) in [4.78, 5) is 16.2. The lowest BCUT2D eigenvalue weighted by Crippen LogP contribution is -2.29. The van der Waals surface area contributed by atoms with Crippen molar-refractivity contribution in [3.8, 4) is 11.5 Å². The Kier molecular flexibility index (Phi) is 4.08. The first-order valence-corrected chi connectivity index (χ1v) is 8.12. The average Bonchev–Trinajstić information content (AvgIpc) is 2.86. The molecule has 1 aromatic heterocycles. The first-order valence-electron chi connectivity index (χ1n) is 6.23. The molecule has 1 amide bonds. The Balaban J connectivity index is 2.43. The molecule has 0 saturated heterocycles. The largest absolute Gasteiger partial charge is 0.334 e. The van der Waals surface area contributed by atoms with E-state index in [1.165, 1.54) is 6.07 Å². The minimum Gasteiger partial charge on any atom is -0.334 e. The molecule has 1 aromatic carbocycles. The Hall–Kier alpha value is -2.22. The predicted octanol–water partition coefficient (Wildman–Crippen LogP) is 1.55. The van der Waals surface area contributed by atoms with Gasteiger partial charge in [0.2, 0.25) is 10.0 Å². The van der Waals surface area contributed by atoms with Crippen LogP contribution in [0, 0.1) is 0 Å². The van der Waals surface area contributed by atoms with Gasteiger partial charge in [0.05, 0.1) is 17.4 Å². The highest BCUT2D eigenvalue weighted by molar-refractivity contribution is 7.89. The average molecular weight is 309 g/mol. The number of nitrogens with zero attached hydrogens (tertiary/aromatic N) is 2. The number of nitrogens with one attached hydrogen (secondary N) is 1. The normalized spacial score (nSPS) is 11.6. The number of carbonyl (C=O) groups excluding carboxylic acids is 1. The van der Waals surface area contributed by atoms with Crippen LogP contribution in [0.3, 0.4) is 0 Å². The van der Waals surface area contributed by atoms with Gasteiger partial charge in [-0.25, -0.2) is 13.1 Å². The third-order valence-electron chi connectivity index (χ3n) is 2.64. The van der Waals surface area contributed by atoms with Gasteiger partial charge in [-0.1, -0.05) is 31.1 Å². The lowest BCUT2D eigenvalue weighted by molar-refractivity contribution is 0.0982. The van der Waals surface area contributed by atoms with Crippen LogP contribution in [-0.4, -0.2) is 30.7 Å². The Morgan fingerprint density at radius 2 is 1.95 bits per heavy atom. The van der Waals surface area contributed by atoms with Crippen LogP contribution in [0.1, 0.15) is 35.9 Å². The van der Waals surface area contributed by atoms with E-state index in [9.17, 15) is 13.2 Å². The third kappa shape index (κ3) is 3.66. The van der Waals surface area contributed by atoms with Crippen LogP contribution in [-0.2, 0) is 10.0 Å². The molecule has 0 bridgehead atoms. The highest BCUT2D eigenvalue weighted by atomic mass is 32.2. The maximum atomic E-state index is 12.0. The van der Waals surface area contributed by atoms with E-state index in [0.29, 0.717) is 11.4 Å². The number of rotatable bonds is 4. The van der Waals surface area contributed by atoms with Crippen LogP contribution in [0.5, 0.6) is 0 Å². The van der Waals surface area contributed by atoms with Crippen LogP contribution in [0.15, 0.2) is 28.8 Å². The van der Waals surface area contributed by atoms with Crippen molar-refractivity contribution >= 4 is 15.9 Å². The molecule has 1 N–H and O–H groups in total. The molecular formula is C13H15N3O4S. The fraction of sp³-hybridized carbons (Fsp3) is 0.308. The maximum absolute atomic E-state index is 12.0. The van der Waals surface area contributed by atoms with Crippen LogP contribution in [0.4, 0.5) is 0 Å². The SMILES string of the molecule is CC(C)c1noc(-c2ccccc2C(=O)NS(C)(=O)=O)n1. The van der Waals surface area contributed by atoms with E-state index in [0.717, 1.165) is 6.26 Å². The molecule has 0 saturated carbocycles. The molecule has 21 heavy (non-hydrogen) atoms. The van der Waals surface area contributed by atoms with E-state index in [1.807, 2.05) is 18.6 Å². The van der Waals surface area contributed by atoms with Gasteiger partial charge in [0, 0.05) is 5.92 Å². The molecule has 2 rings (SSSR count). The molecule has 0 unspecified atom stereocenters. The zero-order valence-corrected chi connectivity index (χ0v) is 12.6. The summed E-state index contributed by atoms with van der Waals surface area (Å²) in [5, 5.41) is 3.83. The summed E-state index contributed by atoms with van der Waals surface area (Å²) in [6.07, 6.45) is 0.914. The van der Waals surface area contributed by atoms with Gasteiger partial charge < -0.3 is 4.52 Å². The monoisotopic (exact) mass is 309 g/mol. The van der Waals surface area contributed by atoms with E-state index in [-0.39, 0.29) is 17.4 Å². The molecule has 0 atom stereocenters. The highest BCUT2D eigenvalue weighted by Gasteiger charge is 2.20. The van der Waals surface area contributed by atoms with Crippen molar-refractivity contribution in [1.29, 1.82) is 0 Å². The van der Waals surface area contributed by atoms with E-state index >= 15 is 0 Å². The van der Waals surface area contributed by atoms with E-state index in [4.69, 9.17) is 4.52 Å². The molecule has 0 spiro atoms. The second-order valence-electron chi connectivity index (χ2n) is 4.86. The second-order valence-corrected chi connectivity index (χ2v) is 6.61. The summed E-state index contributed by atoms with van der Waals surface area (Å²) >= 11 is 0. The van der Waals surface area contributed by atoms with Gasteiger partial charge in [0.1, 0.15) is 0 Å². The number of hydrogen-bond donors (Lipinski definition) is 1. The van der Waals surface area contributed by atoms with Gasteiger partial charge >= 0.3 is 0 Å². The fourth-order valence-electron chi connectivity index (χ4n) is 1.67. The summed E-state index contributed by atoms with van der Waals surface area (Å²) in [6.45, 7) is 3.83. The number of carbonyl (C=O) groups is 1. The fourth-order valence-corrected chi connectivity index (χ4v) is 2.12. The van der Waals surface area contributed by atoms with Crippen LogP contribution in [0.25, 0.3) is 11.5 Å². The summed E-state index contributed by atoms with van der Waals surface area (Å²) in [7, 11) is -3.64. The smallest absolute Gasteiger partial charge is 0.265 e. The van der Waals surface area contributed by atoms with Gasteiger partial charge in [-0.2, -0.15) is 4.98 Å². The number of aromatic nitrogens is 2. The van der Waals surface area contributed by atoms with Crippen LogP contribution < -0.4 is 4.72 Å². The molecule has 1 heterocycles. The quantitative estimate of drug-likeness (QED) is 0.919. The number of hydrogen-bond acceptors (Lipinski definition) is 6. The van der Waals surface area contributed by atoms with E-state index in [1.54, 1.807) is 18.2 Å². The number of sulfonamides is 1. The molecule has 8 heteroatoms. The Labute approximate surface area is 122 Å². The standard InChI is InChI=1S/C13H15N3O4S/c1-8(2)11-14-13(20-15-11)10-7-5-4-6-9(10)12(17)16-21(3,18)19/h4-8H,1-3H3,(H,16,17). The zero-order valence-electron chi connectivity index (χ0n) is 11.8. The minimum absolute atomic E-state index is 0.0829. The zero-order chi connectivity index (χ0) is 15.6. The van der Waals surface area contributed by atoms with E-state index < -0.39 is 15.9 Å². The molecular weight excluding hydrogens is 294 g/mol. The topological polar surface area (TPSA) is 102 Å². The van der Waals surface area contributed by atoms with Gasteiger partial charge in [-0.05, 0) is 12.1 Å². The maximum Gasteiger partial charge on any atom is 0.265 e. The third-order valence-corrected chi connectivity index (χ3v) is 3.19. The Morgan fingerprint density at radius 1 is 1.29 bits per heavy atom. The van der Waals surface area contributed by atoms with Gasteiger partial charge in [-0.15, -0.1) is 0 Å². The van der Waals surface area contributed by atoms with Crippen molar-refractivity contribution in [2.24, 2.45) is 0 Å². The molecule has 0 aliphatic carbocycles. The highest BCUT2D eigenvalue weighted by Crippen LogP contribution is 2.23. The van der Waals surface area contributed by atoms with Crippen molar-refractivity contribution in [3.63, 3.8) is 0 Å². The first kappa shape index (κ1) is 15.2. The molecule has 0 aliphatic heterocycles. The van der Waals surface area contributed by atoms with Crippen molar-refractivity contribution < 1.29 is 17.7 Å². The Morgan fingerprint density at radius 3 is 2.52 bits per heavy atom. The molecule has 2 aromatic rings. The van der Waals surface area contributed by atoms with Crippen molar-refractivity contribution in [1.82, 2.24) is 14.9 Å². The van der Waals surface area contributed by atoms with E-state index in [2.05, 4.69) is 10.1 Å². The molecule has 112 valence electrons. The summed E-state index contributed by atoms with van der Waals surface area (Å²) < 4.78 is 29.4. The first-order chi connectivity index (χ1) is 9.78. The van der Waals surface area contributed by atoms with Crippen molar-refractivity contribution in [2.45, 2.75) is 19.8 Å². The van der Waals surface area contributed by atoms with Crippen molar-refractivity contribution in [3.05, 3.63) is 35.7 Å². The summed E-state index contributed by atoms with van der Waals surface area (Å²) in [5.41, 5.74) is 0.542. The summed E-state index contributed by atoms with van der Waals surface area (Å²) in [6, 6.07) is 6.44. The molecule has 0 fully saturated rings. The van der Waals surface area contributed by atoms with Gasteiger partial charge in [0.15, 0.2) is 5.82 Å². The minimum atomic E-state index is -3.64. The lowest BCUT2D eigenvalue weighted by Gasteiger charge is -2.05. The van der Waals surface area contributed by atoms with Gasteiger partial charge in [-0.3, -0.25) is 4.79 Å². The molecule has 7 nitrogen and oxygen atoms in total. The molecule has 0 radical (unpaired) electrons. The molecule has 0 aliphatic rings. The Bertz CT molecular complexity index is 765. The van der Waals surface area contributed by atoms with Crippen molar-refractivity contribution in [2.75, 3.05) is 6.26 Å². The second kappa shape index (κ2) is 5.65. The van der Waals surface area contributed by atoms with Crippen LogP contribution >= 0.6 is 0 Å². The summed E-state index contributed by atoms with van der Waals surface area (Å²) in [5.74, 6) is 0.0400. The number of benzene rings is 1. The lowest BCUT2D eigenvalue weighted by atomic mass is 10.1. The van der Waals surface area contributed by atoms with Crippen LogP contribution in [0.2, 0.25) is 0 Å². The van der Waals surface area contributed by atoms with Gasteiger partial charge in [0.25, 0.3) is 11.8 Å².